The van der Waals surface area contributed by atoms with Crippen LogP contribution in [-0.4, -0.2) is 43.2 Å². The molecule has 1 atom stereocenters. The van der Waals surface area contributed by atoms with Crippen molar-refractivity contribution in [1.29, 1.82) is 0 Å². The molecule has 1 aromatic rings. The summed E-state index contributed by atoms with van der Waals surface area (Å²) in [5.41, 5.74) is 5.68. The second kappa shape index (κ2) is 6.71. The van der Waals surface area contributed by atoms with E-state index in [1.807, 2.05) is 6.92 Å². The summed E-state index contributed by atoms with van der Waals surface area (Å²) in [6.45, 7) is 4.17. The summed E-state index contributed by atoms with van der Waals surface area (Å²) in [4.78, 5) is 0. The van der Waals surface area contributed by atoms with Gasteiger partial charge in [-0.3, -0.25) is 0 Å². The van der Waals surface area contributed by atoms with Crippen LogP contribution in [0.1, 0.15) is 25.5 Å². The van der Waals surface area contributed by atoms with Gasteiger partial charge in [-0.25, -0.2) is 0 Å². The van der Waals surface area contributed by atoms with Gasteiger partial charge in [0.15, 0.2) is 0 Å². The summed E-state index contributed by atoms with van der Waals surface area (Å²) in [5, 5.41) is 0. The van der Waals surface area contributed by atoms with Crippen molar-refractivity contribution >= 4 is 10.2 Å². The molecule has 0 amide bonds. The summed E-state index contributed by atoms with van der Waals surface area (Å²) in [6.07, 6.45) is 3.44. The third-order valence-corrected chi connectivity index (χ3v) is 5.76. The van der Waals surface area contributed by atoms with Gasteiger partial charge in [-0.15, -0.1) is 0 Å². The molecule has 0 saturated carbocycles. The van der Waals surface area contributed by atoms with E-state index in [2.05, 4.69) is 0 Å². The zero-order valence-electron chi connectivity index (χ0n) is 11.9. The Labute approximate surface area is 120 Å². The van der Waals surface area contributed by atoms with Crippen molar-refractivity contribution in [2.75, 3.05) is 26.2 Å². The highest BCUT2D eigenvalue weighted by Crippen LogP contribution is 2.21. The second-order valence-corrected chi connectivity index (χ2v) is 7.04. The predicted molar refractivity (Wildman–Crippen MR) is 77.1 cm³/mol. The Hall–Kier alpha value is -0.890. The van der Waals surface area contributed by atoms with E-state index in [1.54, 1.807) is 22.7 Å². The Bertz CT molecular complexity index is 501. The fraction of sp³-hybridized carbons (Fsp3) is 0.692. The third-order valence-electron chi connectivity index (χ3n) is 3.73. The van der Waals surface area contributed by atoms with Gasteiger partial charge >= 0.3 is 0 Å². The lowest BCUT2D eigenvalue weighted by Gasteiger charge is -2.34. The van der Waals surface area contributed by atoms with Crippen LogP contribution >= 0.6 is 0 Å². The van der Waals surface area contributed by atoms with E-state index in [0.717, 1.165) is 12.8 Å². The lowest BCUT2D eigenvalue weighted by Crippen LogP contribution is -2.48. The molecule has 114 valence electrons. The number of piperidine rings is 1. The lowest BCUT2D eigenvalue weighted by molar-refractivity contribution is 0.247. The summed E-state index contributed by atoms with van der Waals surface area (Å²) in [5.74, 6) is 0.920. The Morgan fingerprint density at radius 2 is 2.35 bits per heavy atom. The number of furan rings is 1. The molecule has 1 saturated heterocycles. The van der Waals surface area contributed by atoms with Gasteiger partial charge < -0.3 is 10.2 Å². The minimum absolute atomic E-state index is 0.265. The van der Waals surface area contributed by atoms with Crippen molar-refractivity contribution in [3.63, 3.8) is 0 Å². The highest BCUT2D eigenvalue weighted by Gasteiger charge is 2.32. The molecule has 1 aromatic heterocycles. The lowest BCUT2D eigenvalue weighted by atomic mass is 10.0. The van der Waals surface area contributed by atoms with Gasteiger partial charge in [-0.1, -0.05) is 6.92 Å². The fourth-order valence-electron chi connectivity index (χ4n) is 2.52. The Morgan fingerprint density at radius 3 is 2.95 bits per heavy atom. The molecule has 1 fully saturated rings. The molecule has 6 nitrogen and oxygen atoms in total. The van der Waals surface area contributed by atoms with Crippen LogP contribution in [0.15, 0.2) is 22.8 Å². The van der Waals surface area contributed by atoms with Crippen LogP contribution < -0.4 is 5.73 Å². The van der Waals surface area contributed by atoms with Gasteiger partial charge in [0.05, 0.1) is 12.8 Å². The van der Waals surface area contributed by atoms with Gasteiger partial charge in [0.2, 0.25) is 0 Å². The number of rotatable bonds is 6. The Kier molecular flexibility index (Phi) is 5.20. The Balaban J connectivity index is 2.10. The van der Waals surface area contributed by atoms with E-state index in [-0.39, 0.29) is 12.5 Å². The monoisotopic (exact) mass is 301 g/mol. The van der Waals surface area contributed by atoms with Crippen LogP contribution in [0, 0.1) is 5.92 Å². The molecule has 2 rings (SSSR count). The predicted octanol–water partition coefficient (Wildman–Crippen LogP) is 1.02. The summed E-state index contributed by atoms with van der Waals surface area (Å²) < 4.78 is 33.6. The van der Waals surface area contributed by atoms with Crippen molar-refractivity contribution in [1.82, 2.24) is 8.61 Å². The van der Waals surface area contributed by atoms with Gasteiger partial charge in [0, 0.05) is 19.6 Å². The molecule has 7 heteroatoms. The standard InChI is InChI=1S/C13H23N3O3S/c1-2-15(11-13-6-4-8-19-13)20(17,18)16-7-3-5-12(9-14)10-16/h4,6,8,12H,2-3,5,7,9-11,14H2,1H3. The normalized spacial score (nSPS) is 21.4. The fourth-order valence-corrected chi connectivity index (χ4v) is 4.23. The minimum Gasteiger partial charge on any atom is -0.468 e. The molecule has 0 aromatic carbocycles. The molecule has 1 aliphatic rings. The summed E-state index contributed by atoms with van der Waals surface area (Å²) in [6, 6.07) is 3.55. The van der Waals surface area contributed by atoms with Crippen molar-refractivity contribution in [3.05, 3.63) is 24.2 Å². The van der Waals surface area contributed by atoms with Crippen LogP contribution in [0.25, 0.3) is 0 Å². The summed E-state index contributed by atoms with van der Waals surface area (Å²) in [7, 11) is -3.44. The highest BCUT2D eigenvalue weighted by atomic mass is 32.2. The van der Waals surface area contributed by atoms with E-state index >= 15 is 0 Å². The maximum atomic E-state index is 12.7. The molecule has 20 heavy (non-hydrogen) atoms. The molecule has 1 aliphatic heterocycles. The van der Waals surface area contributed by atoms with Gasteiger partial charge in [-0.05, 0) is 37.4 Å². The first-order chi connectivity index (χ1) is 9.57. The Morgan fingerprint density at radius 1 is 1.55 bits per heavy atom. The maximum absolute atomic E-state index is 12.7. The topological polar surface area (TPSA) is 79.8 Å². The molecule has 0 spiro atoms. The average Bonchev–Trinajstić information content (AvgIpc) is 2.97. The molecule has 0 bridgehead atoms. The molecular formula is C13H23N3O3S. The van der Waals surface area contributed by atoms with Gasteiger partial charge in [0.1, 0.15) is 5.76 Å². The van der Waals surface area contributed by atoms with Crippen LogP contribution in [0.3, 0.4) is 0 Å². The largest absolute Gasteiger partial charge is 0.468 e. The molecule has 2 N–H and O–H groups in total. The first kappa shape index (κ1) is 15.5. The number of nitrogens with zero attached hydrogens (tertiary/aromatic N) is 2. The molecule has 2 heterocycles. The zero-order chi connectivity index (χ0) is 14.6. The van der Waals surface area contributed by atoms with Crippen LogP contribution in [0.4, 0.5) is 0 Å². The summed E-state index contributed by atoms with van der Waals surface area (Å²) >= 11 is 0. The SMILES string of the molecule is CCN(Cc1ccco1)S(=O)(=O)N1CCCC(CN)C1. The van der Waals surface area contributed by atoms with Gasteiger partial charge in [-0.2, -0.15) is 17.0 Å². The van der Waals surface area contributed by atoms with E-state index in [0.29, 0.717) is 31.9 Å². The highest BCUT2D eigenvalue weighted by molar-refractivity contribution is 7.86. The molecule has 0 radical (unpaired) electrons. The second-order valence-electron chi connectivity index (χ2n) is 5.12. The number of hydrogen-bond acceptors (Lipinski definition) is 4. The third kappa shape index (κ3) is 3.41. The van der Waals surface area contributed by atoms with E-state index in [4.69, 9.17) is 10.2 Å². The van der Waals surface area contributed by atoms with Crippen molar-refractivity contribution < 1.29 is 12.8 Å². The van der Waals surface area contributed by atoms with E-state index in [1.165, 1.54) is 4.31 Å². The maximum Gasteiger partial charge on any atom is 0.282 e. The van der Waals surface area contributed by atoms with Crippen LogP contribution in [-0.2, 0) is 16.8 Å². The quantitative estimate of drug-likeness (QED) is 0.850. The number of nitrogens with two attached hydrogens (primary N) is 1. The van der Waals surface area contributed by atoms with Crippen molar-refractivity contribution in [2.24, 2.45) is 11.7 Å². The number of hydrogen-bond donors (Lipinski definition) is 1. The molecule has 1 unspecified atom stereocenters. The van der Waals surface area contributed by atoms with Gasteiger partial charge in [0.25, 0.3) is 10.2 Å². The zero-order valence-corrected chi connectivity index (χ0v) is 12.7. The molecular weight excluding hydrogens is 278 g/mol. The van der Waals surface area contributed by atoms with E-state index < -0.39 is 10.2 Å². The first-order valence-electron chi connectivity index (χ1n) is 7.05. The van der Waals surface area contributed by atoms with E-state index in [9.17, 15) is 8.42 Å². The first-order valence-corrected chi connectivity index (χ1v) is 8.45. The van der Waals surface area contributed by atoms with Crippen LogP contribution in [0.5, 0.6) is 0 Å². The minimum atomic E-state index is -3.44. The van der Waals surface area contributed by atoms with Crippen LogP contribution in [0.2, 0.25) is 0 Å². The van der Waals surface area contributed by atoms with Crippen molar-refractivity contribution in [3.8, 4) is 0 Å². The smallest absolute Gasteiger partial charge is 0.282 e. The molecule has 0 aliphatic carbocycles. The average molecular weight is 301 g/mol. The van der Waals surface area contributed by atoms with Crippen molar-refractivity contribution in [2.45, 2.75) is 26.3 Å².